The zero-order chi connectivity index (χ0) is 19.6. The second-order valence-electron chi connectivity index (χ2n) is 6.48. The molecule has 0 radical (unpaired) electrons. The summed E-state index contributed by atoms with van der Waals surface area (Å²) in [5.74, 6) is 0.108. The summed E-state index contributed by atoms with van der Waals surface area (Å²) < 4.78 is 27.7. The van der Waals surface area contributed by atoms with Crippen molar-refractivity contribution >= 4 is 44.0 Å². The quantitative estimate of drug-likeness (QED) is 0.762. The Hall–Kier alpha value is -1.68. The molecule has 2 heterocycles. The molecule has 146 valence electrons. The van der Waals surface area contributed by atoms with Crippen molar-refractivity contribution in [1.29, 1.82) is 0 Å². The molecule has 1 aromatic carbocycles. The number of amides is 1. The highest BCUT2D eigenvalue weighted by Crippen LogP contribution is 2.26. The van der Waals surface area contributed by atoms with E-state index in [0.29, 0.717) is 41.8 Å². The standard InChI is InChI=1S/C17H21ClN4O3S2/c1-12-14(18)4-3-5-15(12)27(24,25)20-17-19-13(11-26-17)6-7-22-9-8-21(2)10-16(22)23/h3-5,11H,6-10H2,1-2H3,(H,19,20). The number of carbonyl (C=O) groups is 1. The van der Waals surface area contributed by atoms with Crippen molar-refractivity contribution in [3.8, 4) is 0 Å². The van der Waals surface area contributed by atoms with Crippen molar-refractivity contribution in [2.45, 2.75) is 18.2 Å². The number of rotatable bonds is 6. The first-order valence-corrected chi connectivity index (χ1v) is 11.2. The number of carbonyl (C=O) groups excluding carboxylic acids is 1. The lowest BCUT2D eigenvalue weighted by atomic mass is 10.2. The number of hydrogen-bond donors (Lipinski definition) is 1. The van der Waals surface area contributed by atoms with Gasteiger partial charge in [-0.2, -0.15) is 0 Å². The van der Waals surface area contributed by atoms with E-state index in [4.69, 9.17) is 11.6 Å². The number of hydrogen-bond acceptors (Lipinski definition) is 6. The van der Waals surface area contributed by atoms with Gasteiger partial charge in [-0.25, -0.2) is 13.4 Å². The molecule has 0 atom stereocenters. The topological polar surface area (TPSA) is 82.6 Å². The van der Waals surface area contributed by atoms with E-state index in [1.165, 1.54) is 17.4 Å². The van der Waals surface area contributed by atoms with Crippen LogP contribution in [0.2, 0.25) is 5.02 Å². The molecular weight excluding hydrogens is 408 g/mol. The molecule has 1 fully saturated rings. The summed E-state index contributed by atoms with van der Waals surface area (Å²) in [6.07, 6.45) is 0.587. The van der Waals surface area contributed by atoms with E-state index in [0.717, 1.165) is 12.2 Å². The first kappa shape index (κ1) is 20.1. The number of nitrogens with zero attached hydrogens (tertiary/aromatic N) is 3. The summed E-state index contributed by atoms with van der Waals surface area (Å²) in [6, 6.07) is 4.76. The molecule has 2 aromatic rings. The zero-order valence-electron chi connectivity index (χ0n) is 15.1. The molecule has 7 nitrogen and oxygen atoms in total. The summed E-state index contributed by atoms with van der Waals surface area (Å²) >= 11 is 7.25. The van der Waals surface area contributed by atoms with Crippen LogP contribution in [-0.2, 0) is 21.2 Å². The highest BCUT2D eigenvalue weighted by molar-refractivity contribution is 7.93. The lowest BCUT2D eigenvalue weighted by molar-refractivity contribution is -0.135. The average molecular weight is 429 g/mol. The van der Waals surface area contributed by atoms with Gasteiger partial charge in [0.1, 0.15) is 0 Å². The fourth-order valence-corrected chi connectivity index (χ4v) is 5.33. The van der Waals surface area contributed by atoms with Crippen LogP contribution in [-0.4, -0.2) is 62.3 Å². The van der Waals surface area contributed by atoms with Gasteiger partial charge in [-0.1, -0.05) is 17.7 Å². The molecule has 0 saturated carbocycles. The van der Waals surface area contributed by atoms with Gasteiger partial charge in [-0.15, -0.1) is 11.3 Å². The number of likely N-dealkylation sites (N-methyl/N-ethyl adjacent to an activating group) is 1. The third-order valence-electron chi connectivity index (χ3n) is 4.43. The van der Waals surface area contributed by atoms with E-state index < -0.39 is 10.0 Å². The van der Waals surface area contributed by atoms with Crippen molar-refractivity contribution in [2.75, 3.05) is 37.9 Å². The van der Waals surface area contributed by atoms with Crippen molar-refractivity contribution in [2.24, 2.45) is 0 Å². The molecule has 0 unspecified atom stereocenters. The molecule has 0 aliphatic carbocycles. The maximum atomic E-state index is 12.6. The van der Waals surface area contributed by atoms with Crippen LogP contribution >= 0.6 is 22.9 Å². The normalized spacial score (nSPS) is 16.0. The van der Waals surface area contributed by atoms with Gasteiger partial charge in [-0.3, -0.25) is 14.4 Å². The number of nitrogens with one attached hydrogen (secondary N) is 1. The van der Waals surface area contributed by atoms with Gasteiger partial charge < -0.3 is 4.90 Å². The van der Waals surface area contributed by atoms with Crippen LogP contribution in [0, 0.1) is 6.92 Å². The molecule has 10 heteroatoms. The smallest absolute Gasteiger partial charge is 0.263 e. The van der Waals surface area contributed by atoms with Gasteiger partial charge in [-0.05, 0) is 31.7 Å². The number of piperazine rings is 1. The van der Waals surface area contributed by atoms with Crippen molar-refractivity contribution < 1.29 is 13.2 Å². The number of aromatic nitrogens is 1. The molecular formula is C17H21ClN4O3S2. The van der Waals surface area contributed by atoms with E-state index in [-0.39, 0.29) is 10.8 Å². The van der Waals surface area contributed by atoms with Gasteiger partial charge in [0.05, 0.1) is 17.1 Å². The van der Waals surface area contributed by atoms with Crippen molar-refractivity contribution in [1.82, 2.24) is 14.8 Å². The van der Waals surface area contributed by atoms with Gasteiger partial charge in [0.15, 0.2) is 5.13 Å². The van der Waals surface area contributed by atoms with Crippen molar-refractivity contribution in [3.63, 3.8) is 0 Å². The highest BCUT2D eigenvalue weighted by atomic mass is 35.5. The maximum absolute atomic E-state index is 12.6. The van der Waals surface area contributed by atoms with Gasteiger partial charge in [0.25, 0.3) is 10.0 Å². The third kappa shape index (κ3) is 4.78. The number of anilines is 1. The molecule has 0 bridgehead atoms. The Morgan fingerprint density at radius 1 is 1.33 bits per heavy atom. The summed E-state index contributed by atoms with van der Waals surface area (Å²) in [6.45, 7) is 4.23. The van der Waals surface area contributed by atoms with E-state index in [1.807, 2.05) is 22.2 Å². The second kappa shape index (κ2) is 8.14. The summed E-state index contributed by atoms with van der Waals surface area (Å²) in [5, 5.41) is 2.51. The number of sulfonamides is 1. The first-order valence-electron chi connectivity index (χ1n) is 8.45. The van der Waals surface area contributed by atoms with E-state index in [1.54, 1.807) is 19.1 Å². The molecule has 1 aliphatic heterocycles. The van der Waals surface area contributed by atoms with E-state index in [9.17, 15) is 13.2 Å². The van der Waals surface area contributed by atoms with E-state index >= 15 is 0 Å². The SMILES string of the molecule is Cc1c(Cl)cccc1S(=O)(=O)Nc1nc(CCN2CCN(C)CC2=O)cs1. The van der Waals surface area contributed by atoms with Crippen molar-refractivity contribution in [3.05, 3.63) is 39.9 Å². The highest BCUT2D eigenvalue weighted by Gasteiger charge is 2.22. The molecule has 1 aliphatic rings. The first-order chi connectivity index (χ1) is 12.8. The molecule has 1 N–H and O–H groups in total. The summed E-state index contributed by atoms with van der Waals surface area (Å²) in [4.78, 5) is 20.3. The van der Waals surface area contributed by atoms with Crippen LogP contribution in [0.5, 0.6) is 0 Å². The molecule has 1 amide bonds. The largest absolute Gasteiger partial charge is 0.340 e. The monoisotopic (exact) mass is 428 g/mol. The predicted octanol–water partition coefficient (Wildman–Crippen LogP) is 2.22. The lowest BCUT2D eigenvalue weighted by Crippen LogP contribution is -2.49. The summed E-state index contributed by atoms with van der Waals surface area (Å²) in [7, 11) is -1.83. The molecule has 1 saturated heterocycles. The third-order valence-corrected chi connectivity index (χ3v) is 7.26. The minimum Gasteiger partial charge on any atom is -0.340 e. The molecule has 0 spiro atoms. The average Bonchev–Trinajstić information content (AvgIpc) is 3.03. The number of benzene rings is 1. The van der Waals surface area contributed by atoms with Gasteiger partial charge in [0, 0.05) is 36.5 Å². The Labute approximate surface area is 168 Å². The Balaban J connectivity index is 1.64. The lowest BCUT2D eigenvalue weighted by Gasteiger charge is -2.31. The fraction of sp³-hybridized carbons (Fsp3) is 0.412. The minimum absolute atomic E-state index is 0.108. The van der Waals surface area contributed by atoms with Crippen LogP contribution < -0.4 is 4.72 Å². The minimum atomic E-state index is -3.76. The number of halogens is 1. The fourth-order valence-electron chi connectivity index (χ4n) is 2.83. The second-order valence-corrected chi connectivity index (χ2v) is 9.40. The van der Waals surface area contributed by atoms with E-state index in [2.05, 4.69) is 9.71 Å². The Morgan fingerprint density at radius 3 is 2.85 bits per heavy atom. The molecule has 27 heavy (non-hydrogen) atoms. The summed E-state index contributed by atoms with van der Waals surface area (Å²) in [5.41, 5.74) is 1.25. The van der Waals surface area contributed by atoms with Crippen LogP contribution in [0.15, 0.2) is 28.5 Å². The Morgan fingerprint density at radius 2 is 2.11 bits per heavy atom. The molecule has 1 aromatic heterocycles. The maximum Gasteiger partial charge on any atom is 0.263 e. The number of thiazole rings is 1. The predicted molar refractivity (Wildman–Crippen MR) is 107 cm³/mol. The van der Waals surface area contributed by atoms with Gasteiger partial charge in [0.2, 0.25) is 5.91 Å². The van der Waals surface area contributed by atoms with Crippen LogP contribution in [0.3, 0.4) is 0 Å². The van der Waals surface area contributed by atoms with Crippen LogP contribution in [0.1, 0.15) is 11.3 Å². The Kier molecular flexibility index (Phi) is 6.05. The zero-order valence-corrected chi connectivity index (χ0v) is 17.5. The van der Waals surface area contributed by atoms with Crippen LogP contribution in [0.25, 0.3) is 0 Å². The van der Waals surface area contributed by atoms with Gasteiger partial charge >= 0.3 is 0 Å². The molecule has 3 rings (SSSR count). The van der Waals surface area contributed by atoms with Crippen LogP contribution in [0.4, 0.5) is 5.13 Å². The Bertz CT molecular complexity index is 945.